The fourth-order valence-corrected chi connectivity index (χ4v) is 2.57. The van der Waals surface area contributed by atoms with Crippen LogP contribution in [-0.4, -0.2) is 5.78 Å². The summed E-state index contributed by atoms with van der Waals surface area (Å²) in [5.41, 5.74) is 3.74. The van der Waals surface area contributed by atoms with Gasteiger partial charge in [-0.2, -0.15) is 0 Å². The lowest BCUT2D eigenvalue weighted by atomic mass is 9.87. The first-order chi connectivity index (χ1) is 8.58. The summed E-state index contributed by atoms with van der Waals surface area (Å²) in [6, 6.07) is 6.53. The van der Waals surface area contributed by atoms with E-state index in [1.54, 1.807) is 0 Å². The predicted octanol–water partition coefficient (Wildman–Crippen LogP) is 4.95. The highest BCUT2D eigenvalue weighted by molar-refractivity contribution is 5.85. The number of rotatable bonds is 7. The summed E-state index contributed by atoms with van der Waals surface area (Å²) in [5, 5.41) is 0. The molecule has 1 heteroatoms. The van der Waals surface area contributed by atoms with Crippen LogP contribution >= 0.6 is 0 Å². The Labute approximate surface area is 112 Å². The lowest BCUT2D eigenvalue weighted by Crippen LogP contribution is -2.12. The Morgan fingerprint density at radius 1 is 1.06 bits per heavy atom. The summed E-state index contributed by atoms with van der Waals surface area (Å²) in [6.45, 7) is 8.39. The topological polar surface area (TPSA) is 17.1 Å². The SMILES string of the molecule is CCCCCC(C(=O)CC)c1cc(C)cc(C)c1. The lowest BCUT2D eigenvalue weighted by molar-refractivity contribution is -0.120. The highest BCUT2D eigenvalue weighted by Gasteiger charge is 2.18. The van der Waals surface area contributed by atoms with Crippen LogP contribution in [0.5, 0.6) is 0 Å². The maximum absolute atomic E-state index is 12.1. The average molecular weight is 246 g/mol. The third-order valence-electron chi connectivity index (χ3n) is 3.48. The van der Waals surface area contributed by atoms with Crippen molar-refractivity contribution in [1.29, 1.82) is 0 Å². The molecule has 0 fully saturated rings. The first-order valence-electron chi connectivity index (χ1n) is 7.19. The highest BCUT2D eigenvalue weighted by Crippen LogP contribution is 2.26. The molecule has 0 aliphatic heterocycles. The number of hydrogen-bond donors (Lipinski definition) is 0. The minimum Gasteiger partial charge on any atom is -0.299 e. The van der Waals surface area contributed by atoms with E-state index >= 15 is 0 Å². The molecule has 0 spiro atoms. The summed E-state index contributed by atoms with van der Waals surface area (Å²) in [5.74, 6) is 0.497. The van der Waals surface area contributed by atoms with Gasteiger partial charge in [0.25, 0.3) is 0 Å². The third kappa shape index (κ3) is 4.29. The van der Waals surface area contributed by atoms with E-state index in [2.05, 4.69) is 39.0 Å². The summed E-state index contributed by atoms with van der Waals surface area (Å²) < 4.78 is 0. The monoisotopic (exact) mass is 246 g/mol. The van der Waals surface area contributed by atoms with Crippen LogP contribution in [0.1, 0.15) is 68.6 Å². The third-order valence-corrected chi connectivity index (χ3v) is 3.48. The Morgan fingerprint density at radius 2 is 1.67 bits per heavy atom. The molecular formula is C17H26O. The Balaban J connectivity index is 2.90. The molecule has 0 heterocycles. The molecule has 0 aromatic heterocycles. The molecule has 18 heavy (non-hydrogen) atoms. The molecular weight excluding hydrogens is 220 g/mol. The van der Waals surface area contributed by atoms with Crippen molar-refractivity contribution >= 4 is 5.78 Å². The van der Waals surface area contributed by atoms with Gasteiger partial charge in [-0.15, -0.1) is 0 Å². The number of unbranched alkanes of at least 4 members (excludes halogenated alkanes) is 2. The van der Waals surface area contributed by atoms with Crippen molar-refractivity contribution in [1.82, 2.24) is 0 Å². The number of carbonyl (C=O) groups is 1. The summed E-state index contributed by atoms with van der Waals surface area (Å²) in [7, 11) is 0. The van der Waals surface area contributed by atoms with Gasteiger partial charge in [0.05, 0.1) is 0 Å². The highest BCUT2D eigenvalue weighted by atomic mass is 16.1. The smallest absolute Gasteiger partial charge is 0.140 e. The van der Waals surface area contributed by atoms with Crippen molar-refractivity contribution in [2.75, 3.05) is 0 Å². The van der Waals surface area contributed by atoms with Crippen LogP contribution < -0.4 is 0 Å². The number of ketones is 1. The number of benzene rings is 1. The molecule has 1 rings (SSSR count). The molecule has 1 aromatic carbocycles. The van der Waals surface area contributed by atoms with Crippen LogP contribution in [0.25, 0.3) is 0 Å². The normalized spacial score (nSPS) is 12.4. The fourth-order valence-electron chi connectivity index (χ4n) is 2.57. The Hall–Kier alpha value is -1.11. The molecule has 0 amide bonds. The van der Waals surface area contributed by atoms with Gasteiger partial charge in [0.15, 0.2) is 0 Å². The minimum atomic E-state index is 0.111. The first-order valence-corrected chi connectivity index (χ1v) is 7.19. The van der Waals surface area contributed by atoms with Crippen LogP contribution in [0.3, 0.4) is 0 Å². The molecule has 0 saturated heterocycles. The van der Waals surface area contributed by atoms with E-state index in [0.29, 0.717) is 12.2 Å². The van der Waals surface area contributed by atoms with Crippen molar-refractivity contribution in [3.8, 4) is 0 Å². The van der Waals surface area contributed by atoms with Gasteiger partial charge in [0.1, 0.15) is 5.78 Å². The molecule has 1 aromatic rings. The van der Waals surface area contributed by atoms with Crippen molar-refractivity contribution in [3.63, 3.8) is 0 Å². The largest absolute Gasteiger partial charge is 0.299 e. The second kappa shape index (κ2) is 7.35. The van der Waals surface area contributed by atoms with E-state index < -0.39 is 0 Å². The number of aryl methyl sites for hydroxylation is 2. The minimum absolute atomic E-state index is 0.111. The number of hydrogen-bond acceptors (Lipinski definition) is 1. The van der Waals surface area contributed by atoms with Gasteiger partial charge in [-0.25, -0.2) is 0 Å². The molecule has 0 bridgehead atoms. The molecule has 0 aliphatic carbocycles. The van der Waals surface area contributed by atoms with Crippen LogP contribution in [-0.2, 0) is 4.79 Å². The summed E-state index contributed by atoms with van der Waals surface area (Å²) in [4.78, 5) is 12.1. The van der Waals surface area contributed by atoms with E-state index in [1.165, 1.54) is 29.5 Å². The van der Waals surface area contributed by atoms with Gasteiger partial charge in [-0.1, -0.05) is 62.4 Å². The molecule has 0 N–H and O–H groups in total. The van der Waals surface area contributed by atoms with Gasteiger partial charge in [-0.3, -0.25) is 4.79 Å². The van der Waals surface area contributed by atoms with E-state index in [-0.39, 0.29) is 5.92 Å². The predicted molar refractivity (Wildman–Crippen MR) is 78.1 cm³/mol. The molecule has 0 saturated carbocycles. The molecule has 1 atom stereocenters. The Bertz CT molecular complexity index is 372. The summed E-state index contributed by atoms with van der Waals surface area (Å²) >= 11 is 0. The molecule has 0 aliphatic rings. The maximum atomic E-state index is 12.1. The first kappa shape index (κ1) is 14.9. The van der Waals surface area contributed by atoms with Gasteiger partial charge < -0.3 is 0 Å². The summed E-state index contributed by atoms with van der Waals surface area (Å²) in [6.07, 6.45) is 5.23. The zero-order chi connectivity index (χ0) is 13.5. The van der Waals surface area contributed by atoms with Gasteiger partial charge in [0.2, 0.25) is 0 Å². The van der Waals surface area contributed by atoms with Crippen molar-refractivity contribution in [2.45, 2.75) is 65.7 Å². The van der Waals surface area contributed by atoms with Gasteiger partial charge in [-0.05, 0) is 25.8 Å². The number of Topliss-reactive ketones (excluding diaryl/α,β-unsaturated/α-hetero) is 1. The van der Waals surface area contributed by atoms with Crippen LogP contribution in [0.4, 0.5) is 0 Å². The van der Waals surface area contributed by atoms with Gasteiger partial charge >= 0.3 is 0 Å². The van der Waals surface area contributed by atoms with Crippen molar-refractivity contribution in [3.05, 3.63) is 34.9 Å². The molecule has 100 valence electrons. The van der Waals surface area contributed by atoms with Gasteiger partial charge in [0, 0.05) is 12.3 Å². The van der Waals surface area contributed by atoms with E-state index in [9.17, 15) is 4.79 Å². The van der Waals surface area contributed by atoms with E-state index in [4.69, 9.17) is 0 Å². The quantitative estimate of drug-likeness (QED) is 0.622. The van der Waals surface area contributed by atoms with Crippen LogP contribution in [0, 0.1) is 13.8 Å². The van der Waals surface area contributed by atoms with E-state index in [0.717, 1.165) is 12.8 Å². The van der Waals surface area contributed by atoms with Crippen LogP contribution in [0.15, 0.2) is 18.2 Å². The molecule has 1 nitrogen and oxygen atoms in total. The second-order valence-electron chi connectivity index (χ2n) is 5.29. The fraction of sp³-hybridized carbons (Fsp3) is 0.588. The van der Waals surface area contributed by atoms with Crippen molar-refractivity contribution < 1.29 is 4.79 Å². The Morgan fingerprint density at radius 3 is 2.17 bits per heavy atom. The second-order valence-corrected chi connectivity index (χ2v) is 5.29. The van der Waals surface area contributed by atoms with Crippen molar-refractivity contribution in [2.24, 2.45) is 0 Å². The lowest BCUT2D eigenvalue weighted by Gasteiger charge is -2.17. The standard InChI is InChI=1S/C17H26O/c1-5-7-8-9-16(17(18)6-2)15-11-13(3)10-14(4)12-15/h10-12,16H,5-9H2,1-4H3. The molecule has 0 radical (unpaired) electrons. The van der Waals surface area contributed by atoms with Crippen LogP contribution in [0.2, 0.25) is 0 Å². The Kier molecular flexibility index (Phi) is 6.11. The number of carbonyl (C=O) groups excluding carboxylic acids is 1. The maximum Gasteiger partial charge on any atom is 0.140 e. The zero-order valence-electron chi connectivity index (χ0n) is 12.3. The molecule has 1 unspecified atom stereocenters. The zero-order valence-corrected chi connectivity index (χ0v) is 12.3. The average Bonchev–Trinajstić information content (AvgIpc) is 2.32. The van der Waals surface area contributed by atoms with E-state index in [1.807, 2.05) is 6.92 Å².